The van der Waals surface area contributed by atoms with E-state index in [4.69, 9.17) is 0 Å². The summed E-state index contributed by atoms with van der Waals surface area (Å²) in [6.07, 6.45) is 7.24. The second kappa shape index (κ2) is 4.45. The SMILES string of the molecule is CCCC(C)(C)C1CCCCC1O. The molecule has 1 rings (SSSR count). The summed E-state index contributed by atoms with van der Waals surface area (Å²) in [5, 5.41) is 9.93. The van der Waals surface area contributed by atoms with Crippen LogP contribution in [0.25, 0.3) is 0 Å². The molecule has 2 atom stereocenters. The van der Waals surface area contributed by atoms with Crippen molar-refractivity contribution in [3.63, 3.8) is 0 Å². The highest BCUT2D eigenvalue weighted by molar-refractivity contribution is 4.85. The Balaban J connectivity index is 2.56. The van der Waals surface area contributed by atoms with Crippen LogP contribution in [0, 0.1) is 11.3 Å². The zero-order chi connectivity index (χ0) is 9.90. The molecule has 1 fully saturated rings. The van der Waals surface area contributed by atoms with Crippen LogP contribution in [-0.2, 0) is 0 Å². The molecule has 1 saturated carbocycles. The van der Waals surface area contributed by atoms with E-state index in [-0.39, 0.29) is 6.10 Å². The highest BCUT2D eigenvalue weighted by Crippen LogP contribution is 2.41. The third kappa shape index (κ3) is 2.70. The van der Waals surface area contributed by atoms with Crippen LogP contribution in [0.5, 0.6) is 0 Å². The van der Waals surface area contributed by atoms with Crippen molar-refractivity contribution >= 4 is 0 Å². The van der Waals surface area contributed by atoms with Crippen molar-refractivity contribution in [3.05, 3.63) is 0 Å². The molecule has 1 N–H and O–H groups in total. The van der Waals surface area contributed by atoms with Crippen molar-refractivity contribution in [1.82, 2.24) is 0 Å². The van der Waals surface area contributed by atoms with Gasteiger partial charge in [0.05, 0.1) is 6.10 Å². The Hall–Kier alpha value is -0.0400. The van der Waals surface area contributed by atoms with E-state index in [1.54, 1.807) is 0 Å². The number of aliphatic hydroxyl groups excluding tert-OH is 1. The first-order valence-electron chi connectivity index (χ1n) is 5.76. The van der Waals surface area contributed by atoms with E-state index in [0.29, 0.717) is 11.3 Å². The first kappa shape index (κ1) is 11.0. The molecule has 0 aromatic carbocycles. The van der Waals surface area contributed by atoms with E-state index in [0.717, 1.165) is 6.42 Å². The molecule has 0 spiro atoms. The van der Waals surface area contributed by atoms with Gasteiger partial charge in [-0.05, 0) is 30.6 Å². The van der Waals surface area contributed by atoms with Crippen LogP contribution >= 0.6 is 0 Å². The zero-order valence-corrected chi connectivity index (χ0v) is 9.34. The largest absolute Gasteiger partial charge is 0.393 e. The fourth-order valence-electron chi connectivity index (χ4n) is 2.85. The molecule has 0 amide bonds. The third-order valence-electron chi connectivity index (χ3n) is 3.63. The predicted molar refractivity (Wildman–Crippen MR) is 56.7 cm³/mol. The van der Waals surface area contributed by atoms with Gasteiger partial charge in [0.25, 0.3) is 0 Å². The first-order valence-corrected chi connectivity index (χ1v) is 5.76. The Bertz CT molecular complexity index is 151. The summed E-state index contributed by atoms with van der Waals surface area (Å²) in [7, 11) is 0. The Labute approximate surface area is 82.5 Å². The van der Waals surface area contributed by atoms with Crippen molar-refractivity contribution in [2.45, 2.75) is 65.4 Å². The monoisotopic (exact) mass is 184 g/mol. The van der Waals surface area contributed by atoms with Crippen LogP contribution in [0.3, 0.4) is 0 Å². The van der Waals surface area contributed by atoms with Crippen LogP contribution in [0.15, 0.2) is 0 Å². The minimum absolute atomic E-state index is 0.0321. The minimum atomic E-state index is -0.0321. The highest BCUT2D eigenvalue weighted by Gasteiger charge is 2.35. The molecule has 1 nitrogen and oxygen atoms in total. The van der Waals surface area contributed by atoms with Gasteiger partial charge in [0.1, 0.15) is 0 Å². The van der Waals surface area contributed by atoms with Gasteiger partial charge in [-0.3, -0.25) is 0 Å². The summed E-state index contributed by atoms with van der Waals surface area (Å²) in [4.78, 5) is 0. The van der Waals surface area contributed by atoms with E-state index in [9.17, 15) is 5.11 Å². The molecular weight excluding hydrogens is 160 g/mol. The lowest BCUT2D eigenvalue weighted by Gasteiger charge is -2.40. The Morgan fingerprint density at radius 1 is 1.23 bits per heavy atom. The molecule has 0 heterocycles. The normalized spacial score (nSPS) is 30.5. The molecule has 0 radical (unpaired) electrons. The smallest absolute Gasteiger partial charge is 0.0573 e. The van der Waals surface area contributed by atoms with E-state index < -0.39 is 0 Å². The summed E-state index contributed by atoms with van der Waals surface area (Å²) < 4.78 is 0. The zero-order valence-electron chi connectivity index (χ0n) is 9.34. The van der Waals surface area contributed by atoms with Gasteiger partial charge in [0.2, 0.25) is 0 Å². The van der Waals surface area contributed by atoms with Gasteiger partial charge < -0.3 is 5.11 Å². The van der Waals surface area contributed by atoms with Crippen LogP contribution in [0.2, 0.25) is 0 Å². The van der Waals surface area contributed by atoms with E-state index in [1.807, 2.05) is 0 Å². The molecule has 0 aliphatic heterocycles. The molecule has 0 aromatic rings. The van der Waals surface area contributed by atoms with E-state index in [2.05, 4.69) is 20.8 Å². The average Bonchev–Trinajstić information content (AvgIpc) is 2.04. The molecule has 0 saturated heterocycles. The van der Waals surface area contributed by atoms with Crippen molar-refractivity contribution in [2.24, 2.45) is 11.3 Å². The summed E-state index contributed by atoms with van der Waals surface area (Å²) >= 11 is 0. The number of rotatable bonds is 3. The van der Waals surface area contributed by atoms with Crippen LogP contribution in [0.4, 0.5) is 0 Å². The molecule has 2 unspecified atom stereocenters. The lowest BCUT2D eigenvalue weighted by atomic mass is 9.67. The van der Waals surface area contributed by atoms with Crippen molar-refractivity contribution in [1.29, 1.82) is 0 Å². The average molecular weight is 184 g/mol. The number of hydrogen-bond acceptors (Lipinski definition) is 1. The van der Waals surface area contributed by atoms with Gasteiger partial charge in [-0.25, -0.2) is 0 Å². The lowest BCUT2D eigenvalue weighted by molar-refractivity contribution is -0.00133. The second-order valence-electron chi connectivity index (χ2n) is 5.20. The first-order chi connectivity index (χ1) is 6.08. The molecule has 1 aliphatic carbocycles. The summed E-state index contributed by atoms with van der Waals surface area (Å²) in [6.45, 7) is 6.86. The number of aliphatic hydroxyl groups is 1. The lowest BCUT2D eigenvalue weighted by Crippen LogP contribution is -2.36. The van der Waals surface area contributed by atoms with Crippen molar-refractivity contribution in [3.8, 4) is 0 Å². The maximum absolute atomic E-state index is 9.93. The van der Waals surface area contributed by atoms with E-state index >= 15 is 0 Å². The molecule has 1 aliphatic rings. The minimum Gasteiger partial charge on any atom is -0.393 e. The van der Waals surface area contributed by atoms with E-state index in [1.165, 1.54) is 32.1 Å². The van der Waals surface area contributed by atoms with Gasteiger partial charge in [0.15, 0.2) is 0 Å². The van der Waals surface area contributed by atoms with Gasteiger partial charge in [-0.15, -0.1) is 0 Å². The Morgan fingerprint density at radius 2 is 1.85 bits per heavy atom. The molecular formula is C12H24O. The summed E-state index contributed by atoms with van der Waals surface area (Å²) in [6, 6.07) is 0. The molecule has 1 heteroatoms. The maximum atomic E-state index is 9.93. The van der Waals surface area contributed by atoms with Crippen LogP contribution < -0.4 is 0 Å². The van der Waals surface area contributed by atoms with Crippen molar-refractivity contribution < 1.29 is 5.11 Å². The Kier molecular flexibility index (Phi) is 3.78. The van der Waals surface area contributed by atoms with Crippen molar-refractivity contribution in [2.75, 3.05) is 0 Å². The van der Waals surface area contributed by atoms with Gasteiger partial charge in [-0.2, -0.15) is 0 Å². The Morgan fingerprint density at radius 3 is 2.38 bits per heavy atom. The summed E-state index contributed by atoms with van der Waals surface area (Å²) in [5.74, 6) is 0.543. The maximum Gasteiger partial charge on any atom is 0.0573 e. The molecule has 0 aromatic heterocycles. The molecule has 13 heavy (non-hydrogen) atoms. The predicted octanol–water partition coefficient (Wildman–Crippen LogP) is 3.36. The van der Waals surface area contributed by atoms with Crippen LogP contribution in [0.1, 0.15) is 59.3 Å². The molecule has 78 valence electrons. The van der Waals surface area contributed by atoms with Gasteiger partial charge >= 0.3 is 0 Å². The summed E-state index contributed by atoms with van der Waals surface area (Å²) in [5.41, 5.74) is 0.342. The van der Waals surface area contributed by atoms with Gasteiger partial charge in [-0.1, -0.05) is 40.0 Å². The quantitative estimate of drug-likeness (QED) is 0.713. The fraction of sp³-hybridized carbons (Fsp3) is 1.00. The highest BCUT2D eigenvalue weighted by atomic mass is 16.3. The standard InChI is InChI=1S/C12H24O/c1-4-9-12(2,3)10-7-5-6-8-11(10)13/h10-11,13H,4-9H2,1-3H3. The van der Waals surface area contributed by atoms with Gasteiger partial charge in [0, 0.05) is 0 Å². The number of hydrogen-bond donors (Lipinski definition) is 1. The fourth-order valence-corrected chi connectivity index (χ4v) is 2.85. The topological polar surface area (TPSA) is 20.2 Å². The second-order valence-corrected chi connectivity index (χ2v) is 5.20. The molecule has 0 bridgehead atoms. The van der Waals surface area contributed by atoms with Crippen LogP contribution in [-0.4, -0.2) is 11.2 Å². The third-order valence-corrected chi connectivity index (χ3v) is 3.63.